The zero-order valence-electron chi connectivity index (χ0n) is 11.5. The number of amides is 1. The molecule has 1 aromatic carbocycles. The van der Waals surface area contributed by atoms with E-state index in [2.05, 4.69) is 5.43 Å². The van der Waals surface area contributed by atoms with Gasteiger partial charge in [-0.3, -0.25) is 10.6 Å². The van der Waals surface area contributed by atoms with Crippen LogP contribution in [0.4, 0.5) is 5.69 Å². The third-order valence-corrected chi connectivity index (χ3v) is 3.74. The van der Waals surface area contributed by atoms with Crippen LogP contribution in [0.5, 0.6) is 0 Å². The summed E-state index contributed by atoms with van der Waals surface area (Å²) in [6.07, 6.45) is 1.96. The van der Waals surface area contributed by atoms with E-state index < -0.39 is 0 Å². The van der Waals surface area contributed by atoms with Crippen molar-refractivity contribution in [3.63, 3.8) is 0 Å². The number of hydrazine groups is 1. The number of nitrogens with two attached hydrogens (primary N) is 1. The van der Waals surface area contributed by atoms with Gasteiger partial charge in [-0.05, 0) is 44.0 Å². The topological polar surface area (TPSA) is 67.6 Å². The van der Waals surface area contributed by atoms with Crippen molar-refractivity contribution in [1.29, 1.82) is 0 Å². The number of ether oxygens (including phenoxy) is 1. The van der Waals surface area contributed by atoms with Crippen molar-refractivity contribution in [2.24, 2.45) is 5.84 Å². The first kappa shape index (κ1) is 13.8. The molecule has 1 fully saturated rings. The van der Waals surface area contributed by atoms with Gasteiger partial charge in [0.25, 0.3) is 5.91 Å². The molecule has 1 unspecified atom stereocenters. The highest BCUT2D eigenvalue weighted by atomic mass is 16.5. The molecule has 0 bridgehead atoms. The monoisotopic (exact) mass is 263 g/mol. The molecule has 1 saturated heterocycles. The SMILES string of the molecule is COC1(C)CCCN(C(=O)c2ccc(NN)cc2)C1. The van der Waals surface area contributed by atoms with Gasteiger partial charge >= 0.3 is 0 Å². The Balaban J connectivity index is 2.10. The van der Waals surface area contributed by atoms with E-state index in [1.165, 1.54) is 0 Å². The van der Waals surface area contributed by atoms with Gasteiger partial charge in [0.15, 0.2) is 0 Å². The Morgan fingerprint density at radius 2 is 2.11 bits per heavy atom. The van der Waals surface area contributed by atoms with Gasteiger partial charge in [0.1, 0.15) is 0 Å². The number of anilines is 1. The summed E-state index contributed by atoms with van der Waals surface area (Å²) >= 11 is 0. The molecule has 1 amide bonds. The number of hydrogen-bond donors (Lipinski definition) is 2. The van der Waals surface area contributed by atoms with Gasteiger partial charge in [0, 0.05) is 31.5 Å². The van der Waals surface area contributed by atoms with Crippen LogP contribution in [-0.4, -0.2) is 36.6 Å². The van der Waals surface area contributed by atoms with E-state index in [9.17, 15) is 4.79 Å². The summed E-state index contributed by atoms with van der Waals surface area (Å²) in [5.41, 5.74) is 3.79. The van der Waals surface area contributed by atoms with Gasteiger partial charge in [-0.2, -0.15) is 0 Å². The molecule has 1 aromatic rings. The maximum Gasteiger partial charge on any atom is 0.253 e. The van der Waals surface area contributed by atoms with Gasteiger partial charge in [-0.1, -0.05) is 0 Å². The van der Waals surface area contributed by atoms with E-state index in [-0.39, 0.29) is 11.5 Å². The van der Waals surface area contributed by atoms with Crippen LogP contribution < -0.4 is 11.3 Å². The maximum atomic E-state index is 12.4. The van der Waals surface area contributed by atoms with Gasteiger partial charge in [-0.15, -0.1) is 0 Å². The van der Waals surface area contributed by atoms with Crippen molar-refractivity contribution >= 4 is 11.6 Å². The largest absolute Gasteiger partial charge is 0.377 e. The lowest BCUT2D eigenvalue weighted by atomic mass is 9.94. The fourth-order valence-electron chi connectivity index (χ4n) is 2.44. The van der Waals surface area contributed by atoms with Crippen molar-refractivity contribution < 1.29 is 9.53 Å². The van der Waals surface area contributed by atoms with Crippen LogP contribution >= 0.6 is 0 Å². The molecule has 0 radical (unpaired) electrons. The molecule has 0 aromatic heterocycles. The minimum absolute atomic E-state index is 0.0477. The molecule has 104 valence electrons. The Hall–Kier alpha value is -1.59. The molecule has 5 nitrogen and oxygen atoms in total. The Kier molecular flexibility index (Phi) is 4.07. The van der Waals surface area contributed by atoms with Crippen molar-refractivity contribution in [2.45, 2.75) is 25.4 Å². The number of rotatable bonds is 3. The summed E-state index contributed by atoms with van der Waals surface area (Å²) in [4.78, 5) is 14.3. The van der Waals surface area contributed by atoms with E-state index >= 15 is 0 Å². The predicted molar refractivity (Wildman–Crippen MR) is 74.8 cm³/mol. The van der Waals surface area contributed by atoms with Crippen molar-refractivity contribution in [3.8, 4) is 0 Å². The average molecular weight is 263 g/mol. The lowest BCUT2D eigenvalue weighted by Crippen LogP contribution is -2.49. The molecule has 1 aliphatic heterocycles. The highest BCUT2D eigenvalue weighted by Crippen LogP contribution is 2.25. The molecule has 1 atom stereocenters. The number of carbonyl (C=O) groups is 1. The number of piperidine rings is 1. The van der Waals surface area contributed by atoms with Crippen molar-refractivity contribution in [3.05, 3.63) is 29.8 Å². The number of hydrogen-bond acceptors (Lipinski definition) is 4. The second-order valence-electron chi connectivity index (χ2n) is 5.21. The summed E-state index contributed by atoms with van der Waals surface area (Å²) in [6.45, 7) is 3.47. The molecule has 3 N–H and O–H groups in total. The summed E-state index contributed by atoms with van der Waals surface area (Å²) in [7, 11) is 1.70. The van der Waals surface area contributed by atoms with E-state index in [0.29, 0.717) is 12.1 Å². The summed E-state index contributed by atoms with van der Waals surface area (Å²) in [6, 6.07) is 7.17. The number of carbonyl (C=O) groups excluding carboxylic acids is 1. The van der Waals surface area contributed by atoms with Gasteiger partial charge in [0.2, 0.25) is 0 Å². The summed E-state index contributed by atoms with van der Waals surface area (Å²) < 4.78 is 5.51. The number of nitrogen functional groups attached to an aromatic ring is 1. The number of benzene rings is 1. The number of nitrogens with one attached hydrogen (secondary N) is 1. The second kappa shape index (κ2) is 5.59. The molecule has 0 aliphatic carbocycles. The third-order valence-electron chi connectivity index (χ3n) is 3.74. The minimum atomic E-state index is -0.229. The summed E-state index contributed by atoms with van der Waals surface area (Å²) in [5.74, 6) is 5.36. The lowest BCUT2D eigenvalue weighted by Gasteiger charge is -2.39. The first-order chi connectivity index (χ1) is 9.08. The predicted octanol–water partition coefficient (Wildman–Crippen LogP) is 1.61. The van der Waals surface area contributed by atoms with Crippen LogP contribution in [-0.2, 0) is 4.74 Å². The van der Waals surface area contributed by atoms with Crippen LogP contribution in [0.25, 0.3) is 0 Å². The van der Waals surface area contributed by atoms with Crippen LogP contribution in [0.2, 0.25) is 0 Å². The molecule has 19 heavy (non-hydrogen) atoms. The maximum absolute atomic E-state index is 12.4. The number of methoxy groups -OCH3 is 1. The lowest BCUT2D eigenvalue weighted by molar-refractivity contribution is -0.0440. The summed E-state index contributed by atoms with van der Waals surface area (Å²) in [5, 5.41) is 0. The Morgan fingerprint density at radius 1 is 1.42 bits per heavy atom. The van der Waals surface area contributed by atoms with Gasteiger partial charge < -0.3 is 15.1 Å². The molecule has 2 rings (SSSR count). The standard InChI is InChI=1S/C14H21N3O2/c1-14(19-2)8-3-9-17(10-14)13(18)11-4-6-12(16-15)7-5-11/h4-7,16H,3,8-10,15H2,1-2H3. The molecule has 1 aliphatic rings. The molecule has 5 heteroatoms. The van der Waals surface area contributed by atoms with Gasteiger partial charge in [-0.25, -0.2) is 0 Å². The fraction of sp³-hybridized carbons (Fsp3) is 0.500. The zero-order chi connectivity index (χ0) is 13.9. The van der Waals surface area contributed by atoms with Gasteiger partial charge in [0.05, 0.1) is 5.60 Å². The number of nitrogens with zero attached hydrogens (tertiary/aromatic N) is 1. The Morgan fingerprint density at radius 3 is 2.68 bits per heavy atom. The first-order valence-corrected chi connectivity index (χ1v) is 6.49. The Labute approximate surface area is 113 Å². The van der Waals surface area contributed by atoms with Crippen LogP contribution in [0.3, 0.4) is 0 Å². The molecule has 0 spiro atoms. The van der Waals surface area contributed by atoms with Crippen molar-refractivity contribution in [1.82, 2.24) is 4.90 Å². The Bertz CT molecular complexity index is 447. The minimum Gasteiger partial charge on any atom is -0.377 e. The normalized spacial score (nSPS) is 23.2. The van der Waals surface area contributed by atoms with Crippen LogP contribution in [0, 0.1) is 0 Å². The second-order valence-corrected chi connectivity index (χ2v) is 5.21. The highest BCUT2D eigenvalue weighted by Gasteiger charge is 2.33. The number of likely N-dealkylation sites (tertiary alicyclic amines) is 1. The third kappa shape index (κ3) is 3.05. The molecular formula is C14H21N3O2. The molecule has 1 heterocycles. The van der Waals surface area contributed by atoms with E-state index in [0.717, 1.165) is 25.1 Å². The fourth-order valence-corrected chi connectivity index (χ4v) is 2.44. The quantitative estimate of drug-likeness (QED) is 0.642. The zero-order valence-corrected chi connectivity index (χ0v) is 11.5. The molecule has 0 saturated carbocycles. The smallest absolute Gasteiger partial charge is 0.253 e. The van der Waals surface area contributed by atoms with E-state index in [1.807, 2.05) is 11.8 Å². The molecular weight excluding hydrogens is 242 g/mol. The van der Waals surface area contributed by atoms with Crippen molar-refractivity contribution in [2.75, 3.05) is 25.6 Å². The van der Waals surface area contributed by atoms with E-state index in [4.69, 9.17) is 10.6 Å². The first-order valence-electron chi connectivity index (χ1n) is 6.49. The van der Waals surface area contributed by atoms with Crippen LogP contribution in [0.1, 0.15) is 30.1 Å². The van der Waals surface area contributed by atoms with E-state index in [1.54, 1.807) is 31.4 Å². The van der Waals surface area contributed by atoms with Crippen LogP contribution in [0.15, 0.2) is 24.3 Å². The average Bonchev–Trinajstić information content (AvgIpc) is 2.46. The highest BCUT2D eigenvalue weighted by molar-refractivity contribution is 5.94.